The summed E-state index contributed by atoms with van der Waals surface area (Å²) in [7, 11) is 0. The van der Waals surface area contributed by atoms with Gasteiger partial charge in [-0.3, -0.25) is 4.79 Å². The van der Waals surface area contributed by atoms with Crippen LogP contribution in [0.5, 0.6) is 0 Å². The second kappa shape index (κ2) is 5.28. The number of aliphatic carboxylic acids is 1. The number of rotatable bonds is 5. The minimum absolute atomic E-state index is 0.0399. The molecule has 0 aliphatic heterocycles. The summed E-state index contributed by atoms with van der Waals surface area (Å²) in [6.45, 7) is 0. The van der Waals surface area contributed by atoms with Crippen LogP contribution in [0.15, 0.2) is 22.7 Å². The fourth-order valence-corrected chi connectivity index (χ4v) is 2.37. The lowest BCUT2D eigenvalue weighted by atomic mass is 10.1. The Bertz CT molecular complexity index is 490. The van der Waals surface area contributed by atoms with Crippen LogP contribution >= 0.6 is 27.5 Å². The molecule has 1 aliphatic carbocycles. The fourth-order valence-electron chi connectivity index (χ4n) is 1.86. The Morgan fingerprint density at radius 1 is 1.56 bits per heavy atom. The van der Waals surface area contributed by atoms with Gasteiger partial charge in [0.15, 0.2) is 6.04 Å². The first-order chi connectivity index (χ1) is 8.54. The standard InChI is InChI=1S/C12H11BrClNO3/c13-9-5-7(1-4-10(9)14)11(12(17)18)15(6-16)8-2-3-8/h1,4-6,8,11H,2-3H2,(H,17,18). The second-order valence-electron chi connectivity index (χ2n) is 4.20. The van der Waals surface area contributed by atoms with Crippen LogP contribution in [0.1, 0.15) is 24.4 Å². The molecule has 1 aromatic rings. The number of hydrogen-bond donors (Lipinski definition) is 1. The predicted octanol–water partition coefficient (Wildman–Crippen LogP) is 2.85. The zero-order valence-electron chi connectivity index (χ0n) is 9.35. The van der Waals surface area contributed by atoms with Crippen LogP contribution in [0.4, 0.5) is 0 Å². The molecule has 96 valence electrons. The maximum absolute atomic E-state index is 11.4. The van der Waals surface area contributed by atoms with Crippen LogP contribution in [0.3, 0.4) is 0 Å². The van der Waals surface area contributed by atoms with Crippen molar-refractivity contribution in [2.24, 2.45) is 0 Å². The minimum atomic E-state index is -1.04. The van der Waals surface area contributed by atoms with E-state index < -0.39 is 12.0 Å². The van der Waals surface area contributed by atoms with Crippen LogP contribution < -0.4 is 0 Å². The molecule has 1 N–H and O–H groups in total. The average molecular weight is 333 g/mol. The number of carbonyl (C=O) groups excluding carboxylic acids is 1. The number of hydrogen-bond acceptors (Lipinski definition) is 2. The number of amides is 1. The molecule has 6 heteroatoms. The van der Waals surface area contributed by atoms with Crippen molar-refractivity contribution in [3.63, 3.8) is 0 Å². The summed E-state index contributed by atoms with van der Waals surface area (Å²) in [6.07, 6.45) is 2.33. The van der Waals surface area contributed by atoms with Gasteiger partial charge in [0.2, 0.25) is 6.41 Å². The van der Waals surface area contributed by atoms with E-state index in [1.807, 2.05) is 0 Å². The molecule has 0 aromatic heterocycles. The highest BCUT2D eigenvalue weighted by molar-refractivity contribution is 9.10. The molecule has 0 bridgehead atoms. The van der Waals surface area contributed by atoms with Gasteiger partial charge >= 0.3 is 5.97 Å². The van der Waals surface area contributed by atoms with E-state index >= 15 is 0 Å². The number of benzene rings is 1. The lowest BCUT2D eigenvalue weighted by Gasteiger charge is -2.25. The quantitative estimate of drug-likeness (QED) is 0.844. The van der Waals surface area contributed by atoms with Gasteiger partial charge < -0.3 is 10.0 Å². The molecular formula is C12H11BrClNO3. The summed E-state index contributed by atoms with van der Waals surface area (Å²) in [4.78, 5) is 23.8. The van der Waals surface area contributed by atoms with E-state index in [1.54, 1.807) is 18.2 Å². The summed E-state index contributed by atoms with van der Waals surface area (Å²) in [5.74, 6) is -1.04. The number of carboxylic acid groups (broad SMARTS) is 1. The maximum atomic E-state index is 11.4. The van der Waals surface area contributed by atoms with Crippen molar-refractivity contribution < 1.29 is 14.7 Å². The van der Waals surface area contributed by atoms with Crippen molar-refractivity contribution in [2.45, 2.75) is 24.9 Å². The Morgan fingerprint density at radius 3 is 2.67 bits per heavy atom. The molecule has 1 aromatic carbocycles. The van der Waals surface area contributed by atoms with Gasteiger partial charge in [-0.25, -0.2) is 4.79 Å². The van der Waals surface area contributed by atoms with Crippen LogP contribution in [-0.2, 0) is 9.59 Å². The number of halogens is 2. The highest BCUT2D eigenvalue weighted by Crippen LogP contribution is 2.35. The Kier molecular flexibility index (Phi) is 3.92. The molecule has 1 unspecified atom stereocenters. The van der Waals surface area contributed by atoms with Crippen LogP contribution in [0, 0.1) is 0 Å². The van der Waals surface area contributed by atoms with E-state index in [9.17, 15) is 14.7 Å². The number of nitrogens with zero attached hydrogens (tertiary/aromatic N) is 1. The molecule has 1 aliphatic rings. The molecule has 0 heterocycles. The summed E-state index contributed by atoms with van der Waals surface area (Å²) in [5.41, 5.74) is 0.540. The van der Waals surface area contributed by atoms with E-state index in [2.05, 4.69) is 15.9 Å². The van der Waals surface area contributed by atoms with Crippen LogP contribution in [-0.4, -0.2) is 28.4 Å². The first kappa shape index (κ1) is 13.4. The molecule has 2 rings (SSSR count). The number of carbonyl (C=O) groups is 2. The molecular weight excluding hydrogens is 321 g/mol. The van der Waals surface area contributed by atoms with Crippen molar-refractivity contribution in [2.75, 3.05) is 0 Å². The zero-order chi connectivity index (χ0) is 13.3. The SMILES string of the molecule is O=CN(C1CC1)C(C(=O)O)c1ccc(Cl)c(Br)c1. The van der Waals surface area contributed by atoms with Gasteiger partial charge in [0.1, 0.15) is 0 Å². The Balaban J connectivity index is 2.36. The Hall–Kier alpha value is -1.07. The molecule has 1 atom stereocenters. The van der Waals surface area contributed by atoms with Crippen LogP contribution in [0.2, 0.25) is 5.02 Å². The van der Waals surface area contributed by atoms with E-state index in [0.717, 1.165) is 12.8 Å². The smallest absolute Gasteiger partial charge is 0.331 e. The van der Waals surface area contributed by atoms with Crippen molar-refractivity contribution in [1.82, 2.24) is 4.90 Å². The van der Waals surface area contributed by atoms with Gasteiger partial charge in [0.05, 0.1) is 5.02 Å². The van der Waals surface area contributed by atoms with Crippen molar-refractivity contribution in [3.05, 3.63) is 33.3 Å². The van der Waals surface area contributed by atoms with Gasteiger partial charge in [-0.05, 0) is 46.5 Å². The van der Waals surface area contributed by atoms with Crippen molar-refractivity contribution >= 4 is 39.9 Å². The molecule has 0 spiro atoms. The third-order valence-corrected chi connectivity index (χ3v) is 4.10. The summed E-state index contributed by atoms with van der Waals surface area (Å²) in [6, 6.07) is 3.97. The lowest BCUT2D eigenvalue weighted by molar-refractivity contribution is -0.147. The van der Waals surface area contributed by atoms with Gasteiger partial charge in [-0.2, -0.15) is 0 Å². The second-order valence-corrected chi connectivity index (χ2v) is 5.46. The lowest BCUT2D eigenvalue weighted by Crippen LogP contribution is -2.34. The van der Waals surface area contributed by atoms with Crippen molar-refractivity contribution in [1.29, 1.82) is 0 Å². The van der Waals surface area contributed by atoms with E-state index in [0.29, 0.717) is 21.5 Å². The van der Waals surface area contributed by atoms with Gasteiger partial charge in [0.25, 0.3) is 0 Å². The minimum Gasteiger partial charge on any atom is -0.479 e. The van der Waals surface area contributed by atoms with E-state index in [4.69, 9.17) is 11.6 Å². The maximum Gasteiger partial charge on any atom is 0.331 e. The topological polar surface area (TPSA) is 57.6 Å². The highest BCUT2D eigenvalue weighted by Gasteiger charge is 2.37. The molecule has 0 saturated heterocycles. The van der Waals surface area contributed by atoms with E-state index in [1.165, 1.54) is 4.90 Å². The molecule has 1 fully saturated rings. The third-order valence-electron chi connectivity index (χ3n) is 2.88. The van der Waals surface area contributed by atoms with Gasteiger partial charge in [0, 0.05) is 10.5 Å². The Morgan fingerprint density at radius 2 is 2.22 bits per heavy atom. The molecule has 1 amide bonds. The Labute approximate surface area is 118 Å². The average Bonchev–Trinajstić information content (AvgIpc) is 3.13. The summed E-state index contributed by atoms with van der Waals surface area (Å²) < 4.78 is 0.620. The molecule has 0 radical (unpaired) electrons. The van der Waals surface area contributed by atoms with Gasteiger partial charge in [-0.1, -0.05) is 17.7 Å². The summed E-state index contributed by atoms with van der Waals surface area (Å²) in [5, 5.41) is 9.82. The third kappa shape index (κ3) is 2.67. The first-order valence-electron chi connectivity index (χ1n) is 5.45. The zero-order valence-corrected chi connectivity index (χ0v) is 11.7. The fraction of sp³-hybridized carbons (Fsp3) is 0.333. The summed E-state index contributed by atoms with van der Waals surface area (Å²) >= 11 is 9.13. The van der Waals surface area contributed by atoms with Gasteiger partial charge in [-0.15, -0.1) is 0 Å². The molecule has 1 saturated carbocycles. The van der Waals surface area contributed by atoms with E-state index in [-0.39, 0.29) is 6.04 Å². The predicted molar refractivity (Wildman–Crippen MR) is 70.5 cm³/mol. The number of carboxylic acids is 1. The van der Waals surface area contributed by atoms with Crippen molar-refractivity contribution in [3.8, 4) is 0 Å². The van der Waals surface area contributed by atoms with Crippen LogP contribution in [0.25, 0.3) is 0 Å². The largest absolute Gasteiger partial charge is 0.479 e. The molecule has 4 nitrogen and oxygen atoms in total. The first-order valence-corrected chi connectivity index (χ1v) is 6.62. The normalized spacial score (nSPS) is 16.1. The monoisotopic (exact) mass is 331 g/mol. The molecule has 18 heavy (non-hydrogen) atoms. The highest BCUT2D eigenvalue weighted by atomic mass is 79.9.